The van der Waals surface area contributed by atoms with E-state index in [9.17, 15) is 4.79 Å². The second kappa shape index (κ2) is 4.26. The van der Waals surface area contributed by atoms with Gasteiger partial charge in [0.15, 0.2) is 5.03 Å². The van der Waals surface area contributed by atoms with Gasteiger partial charge in [-0.3, -0.25) is 0 Å². The van der Waals surface area contributed by atoms with Crippen LogP contribution >= 0.6 is 11.8 Å². The van der Waals surface area contributed by atoms with Crippen LogP contribution in [0.25, 0.3) is 0 Å². The number of benzene rings is 1. The van der Waals surface area contributed by atoms with E-state index >= 15 is 0 Å². The number of rotatable bonds is 2. The molecule has 18 heavy (non-hydrogen) atoms. The number of carbonyl (C=O) groups is 1. The van der Waals surface area contributed by atoms with Gasteiger partial charge in [0, 0.05) is 5.75 Å². The highest BCUT2D eigenvalue weighted by atomic mass is 32.2. The van der Waals surface area contributed by atoms with Crippen molar-refractivity contribution in [2.24, 2.45) is 5.10 Å². The van der Waals surface area contributed by atoms with Gasteiger partial charge in [0.1, 0.15) is 0 Å². The molecule has 1 N–H and O–H groups in total. The first kappa shape index (κ1) is 11.0. The quantitative estimate of drug-likeness (QED) is 0.881. The van der Waals surface area contributed by atoms with Crippen LogP contribution in [-0.4, -0.2) is 37.6 Å². The Bertz CT molecular complexity index is 636. The van der Waals surface area contributed by atoms with Crippen molar-refractivity contribution in [1.29, 1.82) is 0 Å². The number of carboxylic acids is 1. The van der Waals surface area contributed by atoms with Crippen molar-refractivity contribution in [2.45, 2.75) is 5.03 Å². The minimum Gasteiger partial charge on any atom is -0.476 e. The summed E-state index contributed by atoms with van der Waals surface area (Å²) < 4.78 is 0. The summed E-state index contributed by atoms with van der Waals surface area (Å²) in [6.45, 7) is 0. The molecule has 0 aliphatic carbocycles. The zero-order valence-electron chi connectivity index (χ0n) is 9.15. The molecule has 6 nitrogen and oxygen atoms in total. The van der Waals surface area contributed by atoms with E-state index in [0.717, 1.165) is 11.3 Å². The Labute approximate surface area is 106 Å². The average molecular weight is 260 g/mol. The Morgan fingerprint density at radius 2 is 2.11 bits per heavy atom. The number of fused-ring (bicyclic) bond motifs is 1. The van der Waals surface area contributed by atoms with Crippen LogP contribution in [-0.2, 0) is 0 Å². The number of nitrogens with zero attached hydrogens (tertiary/aromatic N) is 4. The van der Waals surface area contributed by atoms with Crippen LogP contribution in [0.1, 0.15) is 16.1 Å². The van der Waals surface area contributed by atoms with Gasteiger partial charge in [-0.1, -0.05) is 42.1 Å². The maximum Gasteiger partial charge on any atom is 0.359 e. The summed E-state index contributed by atoms with van der Waals surface area (Å²) >= 11 is 1.38. The van der Waals surface area contributed by atoms with E-state index in [1.807, 2.05) is 30.3 Å². The van der Waals surface area contributed by atoms with Gasteiger partial charge in [-0.15, -0.1) is 9.89 Å². The van der Waals surface area contributed by atoms with E-state index in [1.54, 1.807) is 0 Å². The van der Waals surface area contributed by atoms with Gasteiger partial charge in [-0.2, -0.15) is 5.10 Å². The minimum atomic E-state index is -1.08. The monoisotopic (exact) mass is 260 g/mol. The molecule has 90 valence electrons. The molecule has 2 aromatic rings. The molecule has 0 amide bonds. The van der Waals surface area contributed by atoms with Gasteiger partial charge in [0.25, 0.3) is 0 Å². The summed E-state index contributed by atoms with van der Waals surface area (Å²) in [5.74, 6) is -0.473. The van der Waals surface area contributed by atoms with Crippen molar-refractivity contribution in [3.05, 3.63) is 41.6 Å². The molecule has 0 radical (unpaired) electrons. The molecule has 7 heteroatoms. The first-order valence-corrected chi connectivity index (χ1v) is 6.19. The molecule has 0 bridgehead atoms. The smallest absolute Gasteiger partial charge is 0.359 e. The van der Waals surface area contributed by atoms with E-state index in [0.29, 0.717) is 10.8 Å². The number of aromatic nitrogens is 3. The topological polar surface area (TPSA) is 80.4 Å². The van der Waals surface area contributed by atoms with Crippen molar-refractivity contribution in [1.82, 2.24) is 15.1 Å². The van der Waals surface area contributed by atoms with E-state index in [-0.39, 0.29) is 5.69 Å². The molecule has 2 heterocycles. The van der Waals surface area contributed by atoms with Gasteiger partial charge in [-0.25, -0.2) is 4.79 Å². The van der Waals surface area contributed by atoms with Crippen molar-refractivity contribution in [2.75, 3.05) is 5.75 Å². The summed E-state index contributed by atoms with van der Waals surface area (Å²) in [4.78, 5) is 12.2. The molecule has 0 atom stereocenters. The molecule has 0 saturated heterocycles. The number of hydrogen-bond donors (Lipinski definition) is 1. The zero-order valence-corrected chi connectivity index (χ0v) is 9.96. The third-order valence-corrected chi connectivity index (χ3v) is 3.53. The van der Waals surface area contributed by atoms with Crippen LogP contribution in [0.5, 0.6) is 0 Å². The van der Waals surface area contributed by atoms with Crippen molar-refractivity contribution in [3.8, 4) is 0 Å². The fourth-order valence-electron chi connectivity index (χ4n) is 1.64. The second-order valence-corrected chi connectivity index (χ2v) is 4.60. The van der Waals surface area contributed by atoms with Crippen LogP contribution in [0.15, 0.2) is 40.5 Å². The molecule has 3 rings (SSSR count). The van der Waals surface area contributed by atoms with Crippen LogP contribution in [0.4, 0.5) is 0 Å². The standard InChI is InChI=1S/C11H8N4O2S/c16-11(17)9-10-15(14-12-9)13-8(6-18-10)7-4-2-1-3-5-7/h1-5H,6H2,(H,16,17). The number of carboxylic acid groups (broad SMARTS) is 1. The second-order valence-electron chi connectivity index (χ2n) is 3.64. The van der Waals surface area contributed by atoms with E-state index in [4.69, 9.17) is 5.11 Å². The molecule has 1 aromatic heterocycles. The summed E-state index contributed by atoms with van der Waals surface area (Å²) in [5, 5.41) is 21.0. The van der Waals surface area contributed by atoms with E-state index in [2.05, 4.69) is 15.4 Å². The Morgan fingerprint density at radius 1 is 1.33 bits per heavy atom. The summed E-state index contributed by atoms with van der Waals surface area (Å²) in [7, 11) is 0. The van der Waals surface area contributed by atoms with Gasteiger partial charge in [0.05, 0.1) is 5.71 Å². The normalized spacial score (nSPS) is 13.9. The van der Waals surface area contributed by atoms with Crippen molar-refractivity contribution >= 4 is 23.4 Å². The molecule has 1 aliphatic rings. The van der Waals surface area contributed by atoms with E-state index < -0.39 is 5.97 Å². The fraction of sp³-hybridized carbons (Fsp3) is 0.0909. The zero-order chi connectivity index (χ0) is 12.5. The highest BCUT2D eigenvalue weighted by Gasteiger charge is 2.23. The highest BCUT2D eigenvalue weighted by Crippen LogP contribution is 2.26. The lowest BCUT2D eigenvalue weighted by molar-refractivity contribution is 0.0686. The Morgan fingerprint density at radius 3 is 2.83 bits per heavy atom. The molecular formula is C11H8N4O2S. The van der Waals surface area contributed by atoms with E-state index in [1.165, 1.54) is 16.6 Å². The third kappa shape index (κ3) is 1.78. The molecule has 1 aromatic carbocycles. The maximum atomic E-state index is 10.9. The predicted octanol–water partition coefficient (Wildman–Crippen LogP) is 1.33. The molecule has 0 unspecified atom stereocenters. The summed E-state index contributed by atoms with van der Waals surface area (Å²) in [6.07, 6.45) is 0. The largest absolute Gasteiger partial charge is 0.476 e. The maximum absolute atomic E-state index is 10.9. The Kier molecular flexibility index (Phi) is 2.60. The van der Waals surface area contributed by atoms with Gasteiger partial charge in [-0.05, 0) is 10.8 Å². The minimum absolute atomic E-state index is 0.0455. The fourth-order valence-corrected chi connectivity index (χ4v) is 2.60. The number of hydrogen-bond acceptors (Lipinski definition) is 5. The summed E-state index contributed by atoms with van der Waals surface area (Å²) in [6, 6.07) is 9.71. The molecule has 1 aliphatic heterocycles. The predicted molar refractivity (Wildman–Crippen MR) is 66.1 cm³/mol. The number of thioether (sulfide) groups is 1. The number of aromatic carboxylic acids is 1. The molecule has 0 saturated carbocycles. The lowest BCUT2D eigenvalue weighted by atomic mass is 10.1. The lowest BCUT2D eigenvalue weighted by Gasteiger charge is -2.12. The van der Waals surface area contributed by atoms with Gasteiger partial charge >= 0.3 is 5.97 Å². The van der Waals surface area contributed by atoms with Crippen LogP contribution in [0.2, 0.25) is 0 Å². The van der Waals surface area contributed by atoms with Crippen LogP contribution in [0.3, 0.4) is 0 Å². The summed E-state index contributed by atoms with van der Waals surface area (Å²) in [5.41, 5.74) is 1.81. The molecule has 0 spiro atoms. The SMILES string of the molecule is O=C(O)c1nnn2c1SCC(c1ccccc1)=N2. The first-order valence-electron chi connectivity index (χ1n) is 5.21. The first-order chi connectivity index (χ1) is 8.75. The van der Waals surface area contributed by atoms with Gasteiger partial charge in [0.2, 0.25) is 5.69 Å². The molecular weight excluding hydrogens is 252 g/mol. The van der Waals surface area contributed by atoms with Crippen LogP contribution < -0.4 is 0 Å². The third-order valence-electron chi connectivity index (χ3n) is 2.48. The highest BCUT2D eigenvalue weighted by molar-refractivity contribution is 8.00. The van der Waals surface area contributed by atoms with Crippen molar-refractivity contribution < 1.29 is 9.90 Å². The Balaban J connectivity index is 2.03. The lowest BCUT2D eigenvalue weighted by Crippen LogP contribution is -2.14. The Hall–Kier alpha value is -2.15. The van der Waals surface area contributed by atoms with Crippen LogP contribution in [0, 0.1) is 0 Å². The average Bonchev–Trinajstić information content (AvgIpc) is 2.82. The van der Waals surface area contributed by atoms with Gasteiger partial charge < -0.3 is 5.11 Å². The molecule has 0 fully saturated rings. The van der Waals surface area contributed by atoms with Crippen molar-refractivity contribution in [3.63, 3.8) is 0 Å².